The standard InChI is InChI=1S/C15H22F2N2O2S/c1-4-19(10-15(2,3)21)9-13(20)18-11-5-7-12(8-6-11)22-14(16)17/h5-8,14,21H,4,9-10H2,1-3H3,(H,18,20). The average molecular weight is 332 g/mol. The van der Waals surface area contributed by atoms with Crippen LogP contribution < -0.4 is 5.32 Å². The molecule has 0 heterocycles. The fourth-order valence-corrected chi connectivity index (χ4v) is 2.45. The van der Waals surface area contributed by atoms with Crippen molar-refractivity contribution in [3.63, 3.8) is 0 Å². The molecule has 1 aromatic carbocycles. The molecule has 7 heteroatoms. The molecule has 1 amide bonds. The van der Waals surface area contributed by atoms with Gasteiger partial charge in [-0.2, -0.15) is 8.78 Å². The second-order valence-corrected chi connectivity index (χ2v) is 6.63. The topological polar surface area (TPSA) is 52.6 Å². The second-order valence-electron chi connectivity index (χ2n) is 5.57. The van der Waals surface area contributed by atoms with Gasteiger partial charge >= 0.3 is 0 Å². The molecular formula is C15H22F2N2O2S. The number of likely N-dealkylation sites (N-methyl/N-ethyl adjacent to an activating group) is 1. The van der Waals surface area contributed by atoms with Crippen molar-refractivity contribution in [2.24, 2.45) is 0 Å². The third-order valence-corrected chi connectivity index (χ3v) is 3.51. The molecule has 4 nitrogen and oxygen atoms in total. The fraction of sp³-hybridized carbons (Fsp3) is 0.533. The number of carbonyl (C=O) groups excluding carboxylic acids is 1. The lowest BCUT2D eigenvalue weighted by Crippen LogP contribution is -2.42. The Hall–Kier alpha value is -1.18. The third kappa shape index (κ3) is 7.72. The summed E-state index contributed by atoms with van der Waals surface area (Å²) < 4.78 is 24.4. The molecule has 0 saturated carbocycles. The molecule has 0 aliphatic carbocycles. The molecule has 0 spiro atoms. The highest BCUT2D eigenvalue weighted by molar-refractivity contribution is 7.99. The number of nitrogens with zero attached hydrogens (tertiary/aromatic N) is 1. The largest absolute Gasteiger partial charge is 0.389 e. The van der Waals surface area contributed by atoms with Crippen LogP contribution in [0.3, 0.4) is 0 Å². The van der Waals surface area contributed by atoms with Gasteiger partial charge in [-0.05, 0) is 44.7 Å². The summed E-state index contributed by atoms with van der Waals surface area (Å²) in [5, 5.41) is 12.5. The summed E-state index contributed by atoms with van der Waals surface area (Å²) in [6.07, 6.45) is 0. The summed E-state index contributed by atoms with van der Waals surface area (Å²) in [5.74, 6) is -2.67. The van der Waals surface area contributed by atoms with Crippen LogP contribution in [0.4, 0.5) is 14.5 Å². The first-order valence-electron chi connectivity index (χ1n) is 6.99. The summed E-state index contributed by atoms with van der Waals surface area (Å²) in [6.45, 7) is 6.48. The molecule has 0 atom stereocenters. The number of anilines is 1. The van der Waals surface area contributed by atoms with Crippen LogP contribution in [-0.2, 0) is 4.79 Å². The lowest BCUT2D eigenvalue weighted by molar-refractivity contribution is -0.117. The highest BCUT2D eigenvalue weighted by Gasteiger charge is 2.19. The van der Waals surface area contributed by atoms with Crippen LogP contribution in [0.5, 0.6) is 0 Å². The van der Waals surface area contributed by atoms with E-state index in [4.69, 9.17) is 0 Å². The summed E-state index contributed by atoms with van der Waals surface area (Å²) in [5.41, 5.74) is -0.312. The molecule has 0 saturated heterocycles. The van der Waals surface area contributed by atoms with Crippen molar-refractivity contribution < 1.29 is 18.7 Å². The third-order valence-electron chi connectivity index (χ3n) is 2.79. The van der Waals surface area contributed by atoms with Gasteiger partial charge in [-0.1, -0.05) is 18.7 Å². The summed E-state index contributed by atoms with van der Waals surface area (Å²) in [6, 6.07) is 6.27. The van der Waals surface area contributed by atoms with Gasteiger partial charge in [-0.25, -0.2) is 0 Å². The van der Waals surface area contributed by atoms with Gasteiger partial charge in [0.1, 0.15) is 0 Å². The molecule has 2 N–H and O–H groups in total. The smallest absolute Gasteiger partial charge is 0.288 e. The van der Waals surface area contributed by atoms with Crippen LogP contribution in [0.1, 0.15) is 20.8 Å². The molecule has 1 rings (SSSR count). The van der Waals surface area contributed by atoms with Crippen molar-refractivity contribution in [1.82, 2.24) is 4.90 Å². The summed E-state index contributed by atoms with van der Waals surface area (Å²) in [7, 11) is 0. The number of alkyl halides is 2. The number of thioether (sulfide) groups is 1. The van der Waals surface area contributed by atoms with E-state index in [1.807, 2.05) is 11.8 Å². The normalized spacial score (nSPS) is 12.0. The Morgan fingerprint density at radius 3 is 2.41 bits per heavy atom. The summed E-state index contributed by atoms with van der Waals surface area (Å²) in [4.78, 5) is 14.2. The molecule has 0 radical (unpaired) electrons. The van der Waals surface area contributed by atoms with Gasteiger partial charge in [-0.3, -0.25) is 9.69 Å². The quantitative estimate of drug-likeness (QED) is 0.719. The second kappa shape index (κ2) is 8.45. The van der Waals surface area contributed by atoms with Crippen LogP contribution >= 0.6 is 11.8 Å². The minimum absolute atomic E-state index is 0.161. The maximum atomic E-state index is 12.2. The van der Waals surface area contributed by atoms with Crippen LogP contribution in [0.25, 0.3) is 0 Å². The van der Waals surface area contributed by atoms with Crippen molar-refractivity contribution in [2.45, 2.75) is 37.0 Å². The van der Waals surface area contributed by atoms with Gasteiger partial charge in [0.05, 0.1) is 12.1 Å². The molecule has 0 aliphatic heterocycles. The number of halogens is 2. The minimum Gasteiger partial charge on any atom is -0.389 e. The van der Waals surface area contributed by atoms with Crippen LogP contribution in [0.2, 0.25) is 0 Å². The maximum absolute atomic E-state index is 12.2. The minimum atomic E-state index is -2.46. The van der Waals surface area contributed by atoms with E-state index in [0.29, 0.717) is 35.4 Å². The molecule has 124 valence electrons. The van der Waals surface area contributed by atoms with E-state index in [1.165, 1.54) is 0 Å². The van der Waals surface area contributed by atoms with Gasteiger partial charge in [0, 0.05) is 17.1 Å². The van der Waals surface area contributed by atoms with Crippen LogP contribution in [0.15, 0.2) is 29.2 Å². The first-order chi connectivity index (χ1) is 10.2. The Balaban J connectivity index is 2.53. The molecule has 0 unspecified atom stereocenters. The summed E-state index contributed by atoms with van der Waals surface area (Å²) >= 11 is 0.465. The average Bonchev–Trinajstić information content (AvgIpc) is 2.38. The molecule has 0 bridgehead atoms. The zero-order chi connectivity index (χ0) is 16.8. The van der Waals surface area contributed by atoms with Crippen molar-refractivity contribution >= 4 is 23.4 Å². The van der Waals surface area contributed by atoms with Crippen molar-refractivity contribution in [3.8, 4) is 0 Å². The van der Waals surface area contributed by atoms with Gasteiger partial charge in [0.25, 0.3) is 5.76 Å². The van der Waals surface area contributed by atoms with Gasteiger partial charge in [-0.15, -0.1) is 0 Å². The van der Waals surface area contributed by atoms with E-state index in [9.17, 15) is 18.7 Å². The van der Waals surface area contributed by atoms with E-state index < -0.39 is 11.4 Å². The van der Waals surface area contributed by atoms with E-state index in [1.54, 1.807) is 38.1 Å². The van der Waals surface area contributed by atoms with E-state index in [-0.39, 0.29) is 12.5 Å². The first kappa shape index (κ1) is 18.9. The van der Waals surface area contributed by atoms with Crippen LogP contribution in [-0.4, -0.2) is 46.9 Å². The van der Waals surface area contributed by atoms with E-state index in [2.05, 4.69) is 5.32 Å². The molecule has 1 aromatic rings. The van der Waals surface area contributed by atoms with Crippen molar-refractivity contribution in [3.05, 3.63) is 24.3 Å². The zero-order valence-electron chi connectivity index (χ0n) is 13.0. The molecule has 0 aliphatic rings. The Morgan fingerprint density at radius 1 is 1.36 bits per heavy atom. The van der Waals surface area contributed by atoms with Crippen molar-refractivity contribution in [2.75, 3.05) is 25.0 Å². The van der Waals surface area contributed by atoms with Gasteiger partial charge < -0.3 is 10.4 Å². The van der Waals surface area contributed by atoms with Gasteiger partial charge in [0.2, 0.25) is 5.91 Å². The lowest BCUT2D eigenvalue weighted by atomic mass is 10.1. The number of hydrogen-bond donors (Lipinski definition) is 2. The van der Waals surface area contributed by atoms with Crippen molar-refractivity contribution in [1.29, 1.82) is 0 Å². The Labute approximate surface area is 133 Å². The fourth-order valence-electron chi connectivity index (χ4n) is 1.95. The number of aliphatic hydroxyl groups is 1. The number of rotatable bonds is 8. The predicted molar refractivity (Wildman–Crippen MR) is 85.3 cm³/mol. The molecule has 0 aromatic heterocycles. The van der Waals surface area contributed by atoms with E-state index >= 15 is 0 Å². The monoisotopic (exact) mass is 332 g/mol. The predicted octanol–water partition coefficient (Wildman–Crippen LogP) is 3.03. The van der Waals surface area contributed by atoms with Crippen LogP contribution in [0, 0.1) is 0 Å². The first-order valence-corrected chi connectivity index (χ1v) is 7.87. The Bertz CT molecular complexity index is 475. The SMILES string of the molecule is CCN(CC(=O)Nc1ccc(SC(F)F)cc1)CC(C)(C)O. The lowest BCUT2D eigenvalue weighted by Gasteiger charge is -2.27. The highest BCUT2D eigenvalue weighted by Crippen LogP contribution is 2.26. The number of carbonyl (C=O) groups is 1. The van der Waals surface area contributed by atoms with Gasteiger partial charge in [0.15, 0.2) is 0 Å². The molecular weight excluding hydrogens is 310 g/mol. The molecule has 0 fully saturated rings. The Morgan fingerprint density at radius 2 is 1.95 bits per heavy atom. The number of benzene rings is 1. The number of nitrogens with one attached hydrogen (secondary N) is 1. The Kier molecular flexibility index (Phi) is 7.25. The molecule has 22 heavy (non-hydrogen) atoms. The number of hydrogen-bond acceptors (Lipinski definition) is 4. The zero-order valence-corrected chi connectivity index (χ0v) is 13.8. The number of amides is 1. The van der Waals surface area contributed by atoms with E-state index in [0.717, 1.165) is 0 Å². The maximum Gasteiger partial charge on any atom is 0.288 e. The highest BCUT2D eigenvalue weighted by atomic mass is 32.2.